The lowest BCUT2D eigenvalue weighted by Gasteiger charge is -2.31. The predicted molar refractivity (Wildman–Crippen MR) is 121 cm³/mol. The van der Waals surface area contributed by atoms with Crippen LogP contribution >= 0.6 is 0 Å². The Morgan fingerprint density at radius 3 is 2.50 bits per heavy atom. The van der Waals surface area contributed by atoms with Crippen molar-refractivity contribution in [2.24, 2.45) is 11.8 Å². The summed E-state index contributed by atoms with van der Waals surface area (Å²) >= 11 is 0. The number of carbonyl (C=O) groups is 1. The molecule has 0 radical (unpaired) electrons. The van der Waals surface area contributed by atoms with Crippen molar-refractivity contribution in [2.45, 2.75) is 50.5 Å². The van der Waals surface area contributed by atoms with Crippen molar-refractivity contribution < 1.29 is 22.7 Å². The van der Waals surface area contributed by atoms with Crippen LogP contribution < -0.4 is 14.8 Å². The molecule has 1 aromatic carbocycles. The molecule has 3 heterocycles. The Bertz CT molecular complexity index is 912. The maximum atomic E-state index is 13.1. The van der Waals surface area contributed by atoms with Gasteiger partial charge in [0, 0.05) is 50.6 Å². The largest absolute Gasteiger partial charge is 0.490 e. The van der Waals surface area contributed by atoms with Gasteiger partial charge in [-0.15, -0.1) is 0 Å². The van der Waals surface area contributed by atoms with Crippen molar-refractivity contribution in [1.82, 2.24) is 14.5 Å². The van der Waals surface area contributed by atoms with Gasteiger partial charge in [0.05, 0.1) is 18.1 Å². The van der Waals surface area contributed by atoms with Gasteiger partial charge in [-0.1, -0.05) is 0 Å². The number of amides is 1. The zero-order chi connectivity index (χ0) is 22.7. The molecule has 3 aliphatic rings. The summed E-state index contributed by atoms with van der Waals surface area (Å²) in [5.41, 5.74) is 0. The lowest BCUT2D eigenvalue weighted by atomic mass is 9.97. The van der Waals surface area contributed by atoms with Crippen LogP contribution in [0.2, 0.25) is 0 Å². The molecule has 1 amide bonds. The first-order chi connectivity index (χ1) is 15.3. The van der Waals surface area contributed by atoms with Gasteiger partial charge >= 0.3 is 0 Å². The van der Waals surface area contributed by atoms with Crippen LogP contribution in [0.15, 0.2) is 23.1 Å². The summed E-state index contributed by atoms with van der Waals surface area (Å²) in [6.45, 7) is 9.00. The predicted octanol–water partition coefficient (Wildman–Crippen LogP) is 2.10. The molecule has 1 aromatic rings. The Labute approximate surface area is 191 Å². The molecule has 0 aliphatic carbocycles. The zero-order valence-electron chi connectivity index (χ0n) is 19.1. The highest BCUT2D eigenvalue weighted by Gasteiger charge is 2.33. The molecule has 0 bridgehead atoms. The van der Waals surface area contributed by atoms with E-state index in [2.05, 4.69) is 24.1 Å². The van der Waals surface area contributed by atoms with Gasteiger partial charge in [-0.3, -0.25) is 4.79 Å². The lowest BCUT2D eigenvalue weighted by molar-refractivity contribution is -0.126. The second-order valence-corrected chi connectivity index (χ2v) is 11.3. The van der Waals surface area contributed by atoms with Crippen LogP contribution in [0.4, 0.5) is 0 Å². The Kier molecular flexibility index (Phi) is 7.27. The van der Waals surface area contributed by atoms with Crippen LogP contribution in [0, 0.1) is 11.8 Å². The molecular formula is C23H35N3O5S. The molecule has 1 N–H and O–H groups in total. The number of fused-ring (bicyclic) bond motifs is 1. The first-order valence-corrected chi connectivity index (χ1v) is 13.2. The molecular weight excluding hydrogens is 430 g/mol. The molecule has 0 spiro atoms. The molecule has 0 saturated carbocycles. The Hall–Kier alpha value is -1.84. The van der Waals surface area contributed by atoms with E-state index in [1.807, 2.05) is 0 Å². The number of hydrogen-bond acceptors (Lipinski definition) is 6. The Morgan fingerprint density at radius 1 is 1.09 bits per heavy atom. The first kappa shape index (κ1) is 23.3. The average Bonchev–Trinajstić information content (AvgIpc) is 3.15. The highest BCUT2D eigenvalue weighted by atomic mass is 32.2. The number of sulfonamides is 1. The fourth-order valence-electron chi connectivity index (χ4n) is 4.70. The van der Waals surface area contributed by atoms with E-state index < -0.39 is 10.0 Å². The third-order valence-electron chi connectivity index (χ3n) is 6.79. The topological polar surface area (TPSA) is 88.2 Å². The van der Waals surface area contributed by atoms with E-state index in [1.54, 1.807) is 18.2 Å². The molecule has 8 nitrogen and oxygen atoms in total. The van der Waals surface area contributed by atoms with E-state index in [9.17, 15) is 13.2 Å². The van der Waals surface area contributed by atoms with E-state index in [-0.39, 0.29) is 16.7 Å². The fourth-order valence-corrected chi connectivity index (χ4v) is 6.18. The van der Waals surface area contributed by atoms with Gasteiger partial charge in [-0.25, -0.2) is 8.42 Å². The number of nitrogens with zero attached hydrogens (tertiary/aromatic N) is 2. The number of benzene rings is 1. The van der Waals surface area contributed by atoms with Crippen LogP contribution in [0.1, 0.15) is 39.5 Å². The number of piperidine rings is 1. The lowest BCUT2D eigenvalue weighted by Crippen LogP contribution is -2.44. The van der Waals surface area contributed by atoms with Crippen molar-refractivity contribution in [3.63, 3.8) is 0 Å². The standard InChI is InChI=1S/C23H35N3O5S/c1-17(2)25-9-6-18(16-25)15-24-23(27)19-7-10-26(11-8-19)32(28,29)20-4-5-21-22(14-20)31-13-3-12-30-21/h4-5,14,17-19H,3,6-13,15-16H2,1-2H3,(H,24,27). The number of hydrogen-bond donors (Lipinski definition) is 1. The Balaban J connectivity index is 1.29. The van der Waals surface area contributed by atoms with Crippen molar-refractivity contribution >= 4 is 15.9 Å². The van der Waals surface area contributed by atoms with Gasteiger partial charge in [0.15, 0.2) is 11.5 Å². The van der Waals surface area contributed by atoms with Crippen LogP contribution in [-0.4, -0.2) is 75.5 Å². The number of nitrogens with one attached hydrogen (secondary N) is 1. The van der Waals surface area contributed by atoms with E-state index in [0.29, 0.717) is 69.1 Å². The average molecular weight is 466 g/mol. The zero-order valence-corrected chi connectivity index (χ0v) is 19.9. The molecule has 178 valence electrons. The molecule has 1 atom stereocenters. The van der Waals surface area contributed by atoms with Crippen molar-refractivity contribution in [3.05, 3.63) is 18.2 Å². The van der Waals surface area contributed by atoms with E-state index in [4.69, 9.17) is 9.47 Å². The van der Waals surface area contributed by atoms with Crippen LogP contribution in [0.5, 0.6) is 11.5 Å². The minimum absolute atomic E-state index is 0.0561. The quantitative estimate of drug-likeness (QED) is 0.692. The maximum absolute atomic E-state index is 13.1. The van der Waals surface area contributed by atoms with Crippen LogP contribution in [0.25, 0.3) is 0 Å². The summed E-state index contributed by atoms with van der Waals surface area (Å²) in [4.78, 5) is 15.3. The van der Waals surface area contributed by atoms with Gasteiger partial charge in [0.1, 0.15) is 0 Å². The molecule has 3 aliphatic heterocycles. The summed E-state index contributed by atoms with van der Waals surface area (Å²) in [6, 6.07) is 5.33. The van der Waals surface area contributed by atoms with Gasteiger partial charge in [-0.05, 0) is 57.7 Å². The van der Waals surface area contributed by atoms with Crippen molar-refractivity contribution in [3.8, 4) is 11.5 Å². The normalized spacial score (nSPS) is 23.3. The molecule has 32 heavy (non-hydrogen) atoms. The number of likely N-dealkylation sites (tertiary alicyclic amines) is 1. The minimum atomic E-state index is -3.64. The summed E-state index contributed by atoms with van der Waals surface area (Å²) in [6.07, 6.45) is 2.96. The molecule has 0 aromatic heterocycles. The summed E-state index contributed by atoms with van der Waals surface area (Å²) in [5, 5.41) is 3.12. The van der Waals surface area contributed by atoms with Gasteiger partial charge in [0.2, 0.25) is 15.9 Å². The number of rotatable bonds is 6. The fraction of sp³-hybridized carbons (Fsp3) is 0.696. The minimum Gasteiger partial charge on any atom is -0.490 e. The van der Waals surface area contributed by atoms with Crippen molar-refractivity contribution in [1.29, 1.82) is 0 Å². The van der Waals surface area contributed by atoms with Gasteiger partial charge in [-0.2, -0.15) is 4.31 Å². The third-order valence-corrected chi connectivity index (χ3v) is 8.69. The summed E-state index contributed by atoms with van der Waals surface area (Å²) < 4.78 is 39.0. The number of carbonyl (C=O) groups excluding carboxylic acids is 1. The Morgan fingerprint density at radius 2 is 1.81 bits per heavy atom. The third kappa shape index (κ3) is 5.21. The smallest absolute Gasteiger partial charge is 0.243 e. The summed E-state index contributed by atoms with van der Waals surface area (Å²) in [5.74, 6) is 1.48. The van der Waals surface area contributed by atoms with Crippen LogP contribution in [0.3, 0.4) is 0 Å². The summed E-state index contributed by atoms with van der Waals surface area (Å²) in [7, 11) is -3.64. The van der Waals surface area contributed by atoms with Gasteiger partial charge < -0.3 is 19.7 Å². The molecule has 1 unspecified atom stereocenters. The highest BCUT2D eigenvalue weighted by Crippen LogP contribution is 2.33. The molecule has 4 rings (SSSR count). The van der Waals surface area contributed by atoms with E-state index in [0.717, 1.165) is 25.9 Å². The van der Waals surface area contributed by atoms with E-state index in [1.165, 1.54) is 4.31 Å². The molecule has 2 saturated heterocycles. The van der Waals surface area contributed by atoms with Crippen LogP contribution in [-0.2, 0) is 14.8 Å². The maximum Gasteiger partial charge on any atom is 0.243 e. The van der Waals surface area contributed by atoms with Gasteiger partial charge in [0.25, 0.3) is 0 Å². The second-order valence-electron chi connectivity index (χ2n) is 9.33. The second kappa shape index (κ2) is 9.97. The van der Waals surface area contributed by atoms with Crippen molar-refractivity contribution in [2.75, 3.05) is 45.9 Å². The number of ether oxygens (including phenoxy) is 2. The highest BCUT2D eigenvalue weighted by molar-refractivity contribution is 7.89. The molecule has 9 heteroatoms. The monoisotopic (exact) mass is 465 g/mol. The van der Waals surface area contributed by atoms with E-state index >= 15 is 0 Å². The SMILES string of the molecule is CC(C)N1CCC(CNC(=O)C2CCN(S(=O)(=O)c3ccc4c(c3)OCCCO4)CC2)C1. The first-order valence-electron chi connectivity index (χ1n) is 11.8. The molecule has 2 fully saturated rings.